The summed E-state index contributed by atoms with van der Waals surface area (Å²) in [5.41, 5.74) is 2.39. The number of carbonyl (C=O) groups is 3. The average molecular weight is 490 g/mol. The second kappa shape index (κ2) is 8.89. The van der Waals surface area contributed by atoms with Crippen molar-refractivity contribution in [2.75, 3.05) is 5.32 Å². The number of amides is 3. The van der Waals surface area contributed by atoms with Crippen LogP contribution in [0.25, 0.3) is 0 Å². The molecule has 0 spiro atoms. The first-order valence-electron chi connectivity index (χ1n) is 12.0. The number of carbonyl (C=O) groups excluding carboxylic acids is 3. The van der Waals surface area contributed by atoms with Crippen LogP contribution in [0.1, 0.15) is 57.4 Å². The maximum atomic E-state index is 13.8. The standard InChI is InChI=1S/C27H28FN5O3/c1-16-4-5-17(2)21(12-16)31-24(34)22-23-25(35)33(20-10-11-20)27(3,14-32(23)15-30-22)26(36)29-13-18-6-8-19(28)9-7-18/h4-9,12,15,20H,10-11,13-14H2,1-3H3,(H,29,36)(H,31,34)/t27-/m0/s1. The van der Waals surface area contributed by atoms with E-state index in [1.807, 2.05) is 32.0 Å². The Bertz CT molecular complexity index is 1360. The molecule has 2 aromatic carbocycles. The van der Waals surface area contributed by atoms with Gasteiger partial charge in [-0.3, -0.25) is 14.4 Å². The first-order chi connectivity index (χ1) is 17.2. The van der Waals surface area contributed by atoms with Crippen LogP contribution in [0.15, 0.2) is 48.8 Å². The lowest BCUT2D eigenvalue weighted by Crippen LogP contribution is -2.64. The molecule has 3 aromatic rings. The van der Waals surface area contributed by atoms with E-state index < -0.39 is 11.4 Å². The van der Waals surface area contributed by atoms with Gasteiger partial charge in [0.15, 0.2) is 5.69 Å². The minimum absolute atomic E-state index is 0.0420. The van der Waals surface area contributed by atoms with Crippen molar-refractivity contribution >= 4 is 23.4 Å². The molecule has 0 saturated heterocycles. The number of imidazole rings is 1. The van der Waals surface area contributed by atoms with Crippen LogP contribution in [0.3, 0.4) is 0 Å². The second-order valence-electron chi connectivity index (χ2n) is 9.83. The zero-order chi connectivity index (χ0) is 25.6. The van der Waals surface area contributed by atoms with E-state index in [1.165, 1.54) is 18.5 Å². The van der Waals surface area contributed by atoms with Crippen LogP contribution >= 0.6 is 0 Å². The number of hydrogen-bond acceptors (Lipinski definition) is 4. The Morgan fingerprint density at radius 2 is 1.86 bits per heavy atom. The number of rotatable bonds is 6. The first-order valence-corrected chi connectivity index (χ1v) is 12.0. The van der Waals surface area contributed by atoms with Crippen molar-refractivity contribution in [3.05, 3.63) is 82.7 Å². The van der Waals surface area contributed by atoms with Crippen LogP contribution in [0.2, 0.25) is 0 Å². The van der Waals surface area contributed by atoms with E-state index in [1.54, 1.807) is 28.5 Å². The summed E-state index contributed by atoms with van der Waals surface area (Å²) in [4.78, 5) is 46.2. The van der Waals surface area contributed by atoms with E-state index in [4.69, 9.17) is 0 Å². The fraction of sp³-hybridized carbons (Fsp3) is 0.333. The number of nitrogens with one attached hydrogen (secondary N) is 2. The topological polar surface area (TPSA) is 96.3 Å². The predicted molar refractivity (Wildman–Crippen MR) is 132 cm³/mol. The van der Waals surface area contributed by atoms with E-state index in [9.17, 15) is 18.8 Å². The molecule has 1 atom stereocenters. The van der Waals surface area contributed by atoms with Crippen LogP contribution in [-0.4, -0.2) is 43.8 Å². The number of fused-ring (bicyclic) bond motifs is 1. The maximum absolute atomic E-state index is 13.8. The molecule has 1 fully saturated rings. The first kappa shape index (κ1) is 23.7. The SMILES string of the molecule is Cc1ccc(C)c(NC(=O)c2ncn3c2C(=O)N(C2CC2)[C@](C)(C(=O)NCc2ccc(F)cc2)C3)c1. The van der Waals surface area contributed by atoms with Crippen LogP contribution in [0, 0.1) is 19.7 Å². The molecule has 5 rings (SSSR count). The van der Waals surface area contributed by atoms with Gasteiger partial charge in [0, 0.05) is 18.3 Å². The van der Waals surface area contributed by atoms with Gasteiger partial charge in [-0.25, -0.2) is 9.37 Å². The molecule has 1 aromatic heterocycles. The lowest BCUT2D eigenvalue weighted by atomic mass is 9.93. The van der Waals surface area contributed by atoms with Gasteiger partial charge in [-0.05, 0) is 68.5 Å². The summed E-state index contributed by atoms with van der Waals surface area (Å²) >= 11 is 0. The van der Waals surface area contributed by atoms with E-state index >= 15 is 0 Å². The molecule has 1 aliphatic carbocycles. The third kappa shape index (κ3) is 4.25. The molecule has 8 nitrogen and oxygen atoms in total. The third-order valence-corrected chi connectivity index (χ3v) is 6.89. The summed E-state index contributed by atoms with van der Waals surface area (Å²) in [5.74, 6) is -1.51. The molecule has 0 unspecified atom stereocenters. The predicted octanol–water partition coefficient (Wildman–Crippen LogP) is 3.58. The molecule has 186 valence electrons. The van der Waals surface area contributed by atoms with Gasteiger partial charge in [-0.2, -0.15) is 0 Å². The molecule has 2 N–H and O–H groups in total. The van der Waals surface area contributed by atoms with Gasteiger partial charge in [-0.1, -0.05) is 24.3 Å². The molecule has 0 bridgehead atoms. The lowest BCUT2D eigenvalue weighted by molar-refractivity contribution is -0.133. The zero-order valence-corrected chi connectivity index (χ0v) is 20.5. The quantitative estimate of drug-likeness (QED) is 0.553. The molecule has 2 aliphatic rings. The minimum Gasteiger partial charge on any atom is -0.350 e. The summed E-state index contributed by atoms with van der Waals surface area (Å²) in [6.07, 6.45) is 3.04. The Morgan fingerprint density at radius 3 is 2.56 bits per heavy atom. The number of aromatic nitrogens is 2. The van der Waals surface area contributed by atoms with Crippen molar-refractivity contribution in [1.29, 1.82) is 0 Å². The van der Waals surface area contributed by atoms with Gasteiger partial charge in [0.1, 0.15) is 17.1 Å². The van der Waals surface area contributed by atoms with E-state index in [0.29, 0.717) is 5.69 Å². The summed E-state index contributed by atoms with van der Waals surface area (Å²) < 4.78 is 14.8. The van der Waals surface area contributed by atoms with Crippen LogP contribution in [0.4, 0.5) is 10.1 Å². The van der Waals surface area contributed by atoms with E-state index in [-0.39, 0.29) is 48.2 Å². The van der Waals surface area contributed by atoms with Crippen molar-refractivity contribution in [2.45, 2.75) is 58.3 Å². The summed E-state index contributed by atoms with van der Waals surface area (Å²) in [7, 11) is 0. The van der Waals surface area contributed by atoms with Gasteiger partial charge < -0.3 is 20.1 Å². The summed E-state index contributed by atoms with van der Waals surface area (Å²) in [6.45, 7) is 5.95. The van der Waals surface area contributed by atoms with Crippen molar-refractivity contribution in [1.82, 2.24) is 19.8 Å². The van der Waals surface area contributed by atoms with Gasteiger partial charge >= 0.3 is 0 Å². The fourth-order valence-corrected chi connectivity index (χ4v) is 4.75. The minimum atomic E-state index is -1.16. The van der Waals surface area contributed by atoms with E-state index in [2.05, 4.69) is 15.6 Å². The Morgan fingerprint density at radius 1 is 1.14 bits per heavy atom. The van der Waals surface area contributed by atoms with Crippen LogP contribution in [-0.2, 0) is 17.9 Å². The number of anilines is 1. The fourth-order valence-electron chi connectivity index (χ4n) is 4.75. The Kier molecular flexibility index (Phi) is 5.86. The van der Waals surface area contributed by atoms with Gasteiger partial charge in [0.05, 0.1) is 12.9 Å². The van der Waals surface area contributed by atoms with Crippen molar-refractivity contribution < 1.29 is 18.8 Å². The Hall–Kier alpha value is -4.01. The Labute approximate surface area is 208 Å². The molecule has 2 heterocycles. The smallest absolute Gasteiger partial charge is 0.276 e. The molecular formula is C27H28FN5O3. The summed E-state index contributed by atoms with van der Waals surface area (Å²) in [6, 6.07) is 11.6. The molecular weight excluding hydrogens is 461 g/mol. The molecule has 0 radical (unpaired) electrons. The molecule has 1 saturated carbocycles. The molecule has 36 heavy (non-hydrogen) atoms. The number of nitrogens with zero attached hydrogens (tertiary/aromatic N) is 3. The molecule has 1 aliphatic heterocycles. The highest BCUT2D eigenvalue weighted by Crippen LogP contribution is 2.39. The van der Waals surface area contributed by atoms with Gasteiger partial charge in [-0.15, -0.1) is 0 Å². The average Bonchev–Trinajstić information content (AvgIpc) is 3.58. The number of halogens is 1. The summed E-state index contributed by atoms with van der Waals surface area (Å²) in [5, 5.41) is 5.78. The largest absolute Gasteiger partial charge is 0.350 e. The maximum Gasteiger partial charge on any atom is 0.276 e. The van der Waals surface area contributed by atoms with Crippen molar-refractivity contribution in [2.24, 2.45) is 0 Å². The van der Waals surface area contributed by atoms with Crippen LogP contribution in [0.5, 0.6) is 0 Å². The van der Waals surface area contributed by atoms with Gasteiger partial charge in [0.2, 0.25) is 5.91 Å². The molecule has 3 amide bonds. The number of benzene rings is 2. The highest BCUT2D eigenvalue weighted by atomic mass is 19.1. The van der Waals surface area contributed by atoms with Crippen molar-refractivity contribution in [3.8, 4) is 0 Å². The monoisotopic (exact) mass is 489 g/mol. The number of hydrogen-bond donors (Lipinski definition) is 2. The molecule has 9 heteroatoms. The normalized spacial score (nSPS) is 19.1. The Balaban J connectivity index is 1.41. The highest BCUT2D eigenvalue weighted by molar-refractivity contribution is 6.12. The van der Waals surface area contributed by atoms with E-state index in [0.717, 1.165) is 29.5 Å². The third-order valence-electron chi connectivity index (χ3n) is 6.89. The zero-order valence-electron chi connectivity index (χ0n) is 20.5. The van der Waals surface area contributed by atoms with Gasteiger partial charge in [0.25, 0.3) is 11.8 Å². The highest BCUT2D eigenvalue weighted by Gasteiger charge is 2.53. The van der Waals surface area contributed by atoms with Crippen molar-refractivity contribution in [3.63, 3.8) is 0 Å². The lowest BCUT2D eigenvalue weighted by Gasteiger charge is -2.44. The van der Waals surface area contributed by atoms with Crippen LogP contribution < -0.4 is 10.6 Å². The number of aryl methyl sites for hydroxylation is 2. The second-order valence-corrected chi connectivity index (χ2v) is 9.83.